The monoisotopic (exact) mass is 239 g/mol. The lowest BCUT2D eigenvalue weighted by Gasteiger charge is -2.07. The lowest BCUT2D eigenvalue weighted by Crippen LogP contribution is -2.05. The van der Waals surface area contributed by atoms with E-state index in [1.165, 1.54) is 0 Å². The lowest BCUT2D eigenvalue weighted by molar-refractivity contribution is 0.0526. The van der Waals surface area contributed by atoms with Gasteiger partial charge in [-0.2, -0.15) is 0 Å². The van der Waals surface area contributed by atoms with Crippen LogP contribution in [-0.4, -0.2) is 18.3 Å². The fourth-order valence-corrected chi connectivity index (χ4v) is 2.08. The lowest BCUT2D eigenvalue weighted by atomic mass is 10.2. The standard InChI is InChI=1S/C12H17NO2S/c1-3-7-16-11-8-9(5-6-10(11)13)12(14)15-4-2/h5-6,8H,3-4,7,13H2,1-2H3. The third kappa shape index (κ3) is 3.45. The van der Waals surface area contributed by atoms with E-state index >= 15 is 0 Å². The molecule has 0 bridgehead atoms. The Kier molecular flexibility index (Phi) is 5.19. The van der Waals surface area contributed by atoms with Crippen LogP contribution in [0.2, 0.25) is 0 Å². The van der Waals surface area contributed by atoms with Crippen molar-refractivity contribution < 1.29 is 9.53 Å². The second kappa shape index (κ2) is 6.43. The van der Waals surface area contributed by atoms with Crippen LogP contribution in [0.15, 0.2) is 23.1 Å². The van der Waals surface area contributed by atoms with E-state index in [9.17, 15) is 4.79 Å². The predicted octanol–water partition coefficient (Wildman–Crippen LogP) is 2.95. The third-order valence-electron chi connectivity index (χ3n) is 1.99. The average molecular weight is 239 g/mol. The van der Waals surface area contributed by atoms with Gasteiger partial charge in [-0.25, -0.2) is 4.79 Å². The number of ether oxygens (including phenoxy) is 1. The molecule has 16 heavy (non-hydrogen) atoms. The van der Waals surface area contributed by atoms with Crippen molar-refractivity contribution in [2.24, 2.45) is 0 Å². The van der Waals surface area contributed by atoms with Crippen LogP contribution in [0, 0.1) is 0 Å². The quantitative estimate of drug-likeness (QED) is 0.487. The van der Waals surface area contributed by atoms with Crippen molar-refractivity contribution in [3.05, 3.63) is 23.8 Å². The third-order valence-corrected chi connectivity index (χ3v) is 3.26. The minimum absolute atomic E-state index is 0.291. The van der Waals surface area contributed by atoms with E-state index in [4.69, 9.17) is 10.5 Å². The highest BCUT2D eigenvalue weighted by atomic mass is 32.2. The van der Waals surface area contributed by atoms with Gasteiger partial charge >= 0.3 is 5.97 Å². The van der Waals surface area contributed by atoms with Crippen LogP contribution in [-0.2, 0) is 4.74 Å². The fraction of sp³-hybridized carbons (Fsp3) is 0.417. The van der Waals surface area contributed by atoms with Crippen molar-refractivity contribution in [2.45, 2.75) is 25.2 Å². The first-order valence-electron chi connectivity index (χ1n) is 5.38. The molecule has 0 aliphatic carbocycles. The summed E-state index contributed by atoms with van der Waals surface area (Å²) in [6.07, 6.45) is 1.08. The summed E-state index contributed by atoms with van der Waals surface area (Å²) in [5.41, 5.74) is 7.11. The van der Waals surface area contributed by atoms with E-state index in [0.717, 1.165) is 17.1 Å². The SMILES string of the molecule is CCCSc1cc(C(=O)OCC)ccc1N. The number of esters is 1. The van der Waals surface area contributed by atoms with Gasteiger partial charge in [0.15, 0.2) is 0 Å². The minimum atomic E-state index is -0.291. The summed E-state index contributed by atoms with van der Waals surface area (Å²) in [6, 6.07) is 5.25. The predicted molar refractivity (Wildman–Crippen MR) is 67.8 cm³/mol. The summed E-state index contributed by atoms with van der Waals surface area (Å²) in [7, 11) is 0. The number of thioether (sulfide) groups is 1. The molecular weight excluding hydrogens is 222 g/mol. The zero-order valence-electron chi connectivity index (χ0n) is 9.66. The van der Waals surface area contributed by atoms with Crippen molar-refractivity contribution in [2.75, 3.05) is 18.1 Å². The molecular formula is C12H17NO2S. The zero-order chi connectivity index (χ0) is 12.0. The second-order valence-electron chi connectivity index (χ2n) is 3.32. The Balaban J connectivity index is 2.84. The molecule has 88 valence electrons. The molecule has 0 unspecified atom stereocenters. The summed E-state index contributed by atoms with van der Waals surface area (Å²) >= 11 is 1.66. The molecule has 1 aromatic carbocycles. The Hall–Kier alpha value is -1.16. The first-order chi connectivity index (χ1) is 7.69. The maximum atomic E-state index is 11.5. The zero-order valence-corrected chi connectivity index (χ0v) is 10.5. The molecule has 2 N–H and O–H groups in total. The number of carbonyl (C=O) groups excluding carboxylic acids is 1. The maximum Gasteiger partial charge on any atom is 0.338 e. The number of nitrogens with two attached hydrogens (primary N) is 1. The van der Waals surface area contributed by atoms with E-state index in [2.05, 4.69) is 6.92 Å². The molecule has 0 saturated heterocycles. The summed E-state index contributed by atoms with van der Waals surface area (Å²) in [6.45, 7) is 4.29. The van der Waals surface area contributed by atoms with Crippen molar-refractivity contribution >= 4 is 23.4 Å². The maximum absolute atomic E-state index is 11.5. The summed E-state index contributed by atoms with van der Waals surface area (Å²) in [5, 5.41) is 0. The number of benzene rings is 1. The van der Waals surface area contributed by atoms with Crippen LogP contribution in [0.5, 0.6) is 0 Å². The molecule has 0 atom stereocenters. The van der Waals surface area contributed by atoms with Gasteiger partial charge in [0.2, 0.25) is 0 Å². The molecule has 4 heteroatoms. The van der Waals surface area contributed by atoms with Crippen LogP contribution >= 0.6 is 11.8 Å². The molecule has 3 nitrogen and oxygen atoms in total. The van der Waals surface area contributed by atoms with Crippen LogP contribution in [0.3, 0.4) is 0 Å². The van der Waals surface area contributed by atoms with Gasteiger partial charge in [0, 0.05) is 10.6 Å². The molecule has 0 aromatic heterocycles. The molecule has 0 heterocycles. The number of rotatable bonds is 5. The van der Waals surface area contributed by atoms with Crippen molar-refractivity contribution in [1.82, 2.24) is 0 Å². The molecule has 0 amide bonds. The molecule has 0 aliphatic rings. The molecule has 0 fully saturated rings. The minimum Gasteiger partial charge on any atom is -0.462 e. The van der Waals surface area contributed by atoms with E-state index in [-0.39, 0.29) is 5.97 Å². The number of hydrogen-bond acceptors (Lipinski definition) is 4. The van der Waals surface area contributed by atoms with Crippen molar-refractivity contribution in [3.8, 4) is 0 Å². The molecule has 0 spiro atoms. The van der Waals surface area contributed by atoms with Crippen LogP contribution < -0.4 is 5.73 Å². The highest BCUT2D eigenvalue weighted by molar-refractivity contribution is 7.99. The van der Waals surface area contributed by atoms with Crippen LogP contribution in [0.1, 0.15) is 30.6 Å². The van der Waals surface area contributed by atoms with Gasteiger partial charge in [-0.15, -0.1) is 11.8 Å². The second-order valence-corrected chi connectivity index (χ2v) is 4.46. The Morgan fingerprint density at radius 1 is 1.44 bits per heavy atom. The van der Waals surface area contributed by atoms with E-state index in [1.54, 1.807) is 36.9 Å². The smallest absolute Gasteiger partial charge is 0.338 e. The highest BCUT2D eigenvalue weighted by Crippen LogP contribution is 2.26. The van der Waals surface area contributed by atoms with E-state index < -0.39 is 0 Å². The topological polar surface area (TPSA) is 52.3 Å². The van der Waals surface area contributed by atoms with Gasteiger partial charge in [-0.1, -0.05) is 6.92 Å². The number of carbonyl (C=O) groups is 1. The van der Waals surface area contributed by atoms with Crippen LogP contribution in [0.25, 0.3) is 0 Å². The molecule has 1 aromatic rings. The largest absolute Gasteiger partial charge is 0.462 e. The highest BCUT2D eigenvalue weighted by Gasteiger charge is 2.09. The first kappa shape index (κ1) is 12.9. The average Bonchev–Trinajstić information content (AvgIpc) is 2.28. The Bertz CT molecular complexity index is 366. The Morgan fingerprint density at radius 3 is 2.81 bits per heavy atom. The van der Waals surface area contributed by atoms with Crippen molar-refractivity contribution in [3.63, 3.8) is 0 Å². The summed E-state index contributed by atoms with van der Waals surface area (Å²) in [4.78, 5) is 12.5. The van der Waals surface area contributed by atoms with Gasteiger partial charge in [0.25, 0.3) is 0 Å². The number of hydrogen-bond donors (Lipinski definition) is 1. The van der Waals surface area contributed by atoms with Gasteiger partial charge in [-0.05, 0) is 37.3 Å². The normalized spacial score (nSPS) is 10.1. The molecule has 0 aliphatic heterocycles. The summed E-state index contributed by atoms with van der Waals surface area (Å²) < 4.78 is 4.94. The van der Waals surface area contributed by atoms with Crippen molar-refractivity contribution in [1.29, 1.82) is 0 Å². The van der Waals surface area contributed by atoms with Gasteiger partial charge in [0.05, 0.1) is 12.2 Å². The van der Waals surface area contributed by atoms with Crippen LogP contribution in [0.4, 0.5) is 5.69 Å². The molecule has 0 radical (unpaired) electrons. The summed E-state index contributed by atoms with van der Waals surface area (Å²) in [5.74, 6) is 0.706. The Labute approximate surface area is 100 Å². The first-order valence-corrected chi connectivity index (χ1v) is 6.37. The van der Waals surface area contributed by atoms with Gasteiger partial charge in [-0.3, -0.25) is 0 Å². The number of anilines is 1. The molecule has 1 rings (SSSR count). The van der Waals surface area contributed by atoms with Gasteiger partial charge < -0.3 is 10.5 Å². The fourth-order valence-electron chi connectivity index (χ4n) is 1.21. The van der Waals surface area contributed by atoms with E-state index in [0.29, 0.717) is 17.9 Å². The Morgan fingerprint density at radius 2 is 2.19 bits per heavy atom. The number of nitrogen functional groups attached to an aromatic ring is 1. The molecule has 0 saturated carbocycles. The van der Waals surface area contributed by atoms with Gasteiger partial charge in [0.1, 0.15) is 0 Å². The van der Waals surface area contributed by atoms with E-state index in [1.807, 2.05) is 0 Å².